The lowest BCUT2D eigenvalue weighted by Crippen LogP contribution is -2.28. The Bertz CT molecular complexity index is 859. The van der Waals surface area contributed by atoms with Crippen molar-refractivity contribution < 1.29 is 8.91 Å². The van der Waals surface area contributed by atoms with Crippen LogP contribution >= 0.6 is 11.6 Å². The van der Waals surface area contributed by atoms with Crippen LogP contribution in [0.25, 0.3) is 10.9 Å². The third-order valence-corrected chi connectivity index (χ3v) is 4.46. The number of hydrogen-bond acceptors (Lipinski definition) is 4. The van der Waals surface area contributed by atoms with E-state index in [9.17, 15) is 4.39 Å². The third-order valence-electron chi connectivity index (χ3n) is 4.14. The molecule has 24 heavy (non-hydrogen) atoms. The lowest BCUT2D eigenvalue weighted by atomic mass is 10.1. The van der Waals surface area contributed by atoms with Crippen molar-refractivity contribution in [3.05, 3.63) is 57.8 Å². The van der Waals surface area contributed by atoms with E-state index in [4.69, 9.17) is 16.1 Å². The van der Waals surface area contributed by atoms with Crippen LogP contribution in [0.15, 0.2) is 28.8 Å². The molecule has 0 amide bonds. The van der Waals surface area contributed by atoms with Gasteiger partial charge >= 0.3 is 0 Å². The Balaban J connectivity index is 1.72. The summed E-state index contributed by atoms with van der Waals surface area (Å²) in [6.45, 7) is 6.51. The van der Waals surface area contributed by atoms with Gasteiger partial charge in [-0.15, -0.1) is 0 Å². The second-order valence-corrected chi connectivity index (χ2v) is 6.42. The minimum Gasteiger partial charge on any atom is -0.361 e. The summed E-state index contributed by atoms with van der Waals surface area (Å²) in [6, 6.07) is 6.57. The van der Waals surface area contributed by atoms with Crippen molar-refractivity contribution >= 4 is 22.5 Å². The highest BCUT2D eigenvalue weighted by atomic mass is 35.5. The first-order chi connectivity index (χ1) is 11.4. The monoisotopic (exact) mass is 347 g/mol. The maximum Gasteiger partial charge on any atom is 0.137 e. The number of pyridine rings is 1. The molecule has 2 aromatic heterocycles. The average Bonchev–Trinajstić information content (AvgIpc) is 2.85. The van der Waals surface area contributed by atoms with Gasteiger partial charge in [-0.3, -0.25) is 0 Å². The highest BCUT2D eigenvalue weighted by molar-refractivity contribution is 6.30. The number of nitrogens with one attached hydrogen (secondary N) is 1. The predicted molar refractivity (Wildman–Crippen MR) is 92.7 cm³/mol. The van der Waals surface area contributed by atoms with Gasteiger partial charge in [0, 0.05) is 29.1 Å². The van der Waals surface area contributed by atoms with Crippen LogP contribution < -0.4 is 5.32 Å². The molecule has 1 N–H and O–H groups in total. The van der Waals surface area contributed by atoms with Crippen LogP contribution in [0.5, 0.6) is 0 Å². The number of benzene rings is 1. The van der Waals surface area contributed by atoms with Crippen molar-refractivity contribution in [3.8, 4) is 0 Å². The molecule has 0 aliphatic rings. The molecule has 0 fully saturated rings. The Morgan fingerprint density at radius 3 is 2.79 bits per heavy atom. The number of nitrogens with zero attached hydrogens (tertiary/aromatic N) is 2. The lowest BCUT2D eigenvalue weighted by Gasteiger charge is -2.14. The normalized spacial score (nSPS) is 12.7. The number of rotatable bonds is 5. The van der Waals surface area contributed by atoms with Gasteiger partial charge in [-0.05, 0) is 51.5 Å². The zero-order valence-corrected chi connectivity index (χ0v) is 14.6. The molecule has 0 aliphatic carbocycles. The molecule has 126 valence electrons. The molecule has 0 bridgehead atoms. The molecule has 1 aromatic carbocycles. The van der Waals surface area contributed by atoms with Gasteiger partial charge in [0.1, 0.15) is 16.7 Å². The molecular formula is C18H19ClFN3O. The molecule has 2 heterocycles. The van der Waals surface area contributed by atoms with Gasteiger partial charge in [0.05, 0.1) is 11.2 Å². The minimum atomic E-state index is -0.280. The molecule has 3 aromatic rings. The Morgan fingerprint density at radius 2 is 2.08 bits per heavy atom. The number of hydrogen-bond donors (Lipinski definition) is 1. The summed E-state index contributed by atoms with van der Waals surface area (Å²) in [7, 11) is 0. The van der Waals surface area contributed by atoms with Gasteiger partial charge in [-0.2, -0.15) is 0 Å². The molecular weight excluding hydrogens is 329 g/mol. The van der Waals surface area contributed by atoms with E-state index in [1.54, 1.807) is 6.07 Å². The average molecular weight is 348 g/mol. The zero-order valence-electron chi connectivity index (χ0n) is 13.9. The molecule has 0 aliphatic heterocycles. The molecule has 6 heteroatoms. The molecule has 4 nitrogen and oxygen atoms in total. The van der Waals surface area contributed by atoms with Gasteiger partial charge in [-0.1, -0.05) is 16.8 Å². The van der Waals surface area contributed by atoms with Crippen molar-refractivity contribution in [2.75, 3.05) is 0 Å². The minimum absolute atomic E-state index is 0.209. The van der Waals surface area contributed by atoms with E-state index >= 15 is 0 Å². The van der Waals surface area contributed by atoms with Crippen LogP contribution in [-0.4, -0.2) is 16.2 Å². The molecule has 0 saturated carbocycles. The summed E-state index contributed by atoms with van der Waals surface area (Å²) in [5.74, 6) is 0.569. The predicted octanol–water partition coefficient (Wildman–Crippen LogP) is 4.35. The quantitative estimate of drug-likeness (QED) is 0.697. The van der Waals surface area contributed by atoms with Crippen LogP contribution in [0.2, 0.25) is 5.15 Å². The fourth-order valence-corrected chi connectivity index (χ4v) is 2.96. The van der Waals surface area contributed by atoms with Crippen molar-refractivity contribution in [1.82, 2.24) is 15.5 Å². The van der Waals surface area contributed by atoms with E-state index in [2.05, 4.69) is 22.4 Å². The van der Waals surface area contributed by atoms with Crippen LogP contribution in [0.3, 0.4) is 0 Å². The SMILES string of the molecule is Cc1noc(C)c1CC(C)NCc1cc2cc(F)ccc2nc1Cl. The molecule has 0 radical (unpaired) electrons. The first-order valence-corrected chi connectivity index (χ1v) is 8.21. The van der Waals surface area contributed by atoms with Crippen LogP contribution in [0.4, 0.5) is 4.39 Å². The van der Waals surface area contributed by atoms with Crippen molar-refractivity contribution in [2.24, 2.45) is 0 Å². The van der Waals surface area contributed by atoms with E-state index in [0.29, 0.717) is 17.2 Å². The Labute approximate surface area is 145 Å². The summed E-state index contributed by atoms with van der Waals surface area (Å²) in [4.78, 5) is 4.33. The summed E-state index contributed by atoms with van der Waals surface area (Å²) in [5, 5.41) is 8.58. The number of halogens is 2. The first kappa shape index (κ1) is 16.9. The highest BCUT2D eigenvalue weighted by Crippen LogP contribution is 2.22. The topological polar surface area (TPSA) is 51.0 Å². The molecule has 1 atom stereocenters. The fourth-order valence-electron chi connectivity index (χ4n) is 2.75. The maximum atomic E-state index is 13.4. The standard InChI is InChI=1S/C18H19ClFN3O/c1-10(6-16-11(2)23-24-12(16)3)21-9-14-7-13-8-15(20)4-5-17(13)22-18(14)19/h4-5,7-8,10,21H,6,9H2,1-3H3. The van der Waals surface area contributed by atoms with Gasteiger partial charge in [0.25, 0.3) is 0 Å². The number of fused-ring (bicyclic) bond motifs is 1. The Morgan fingerprint density at radius 1 is 1.29 bits per heavy atom. The first-order valence-electron chi connectivity index (χ1n) is 7.84. The van der Waals surface area contributed by atoms with Gasteiger partial charge in [0.2, 0.25) is 0 Å². The summed E-state index contributed by atoms with van der Waals surface area (Å²) < 4.78 is 18.6. The second kappa shape index (κ2) is 6.87. The summed E-state index contributed by atoms with van der Waals surface area (Å²) in [5.41, 5.74) is 3.58. The van der Waals surface area contributed by atoms with E-state index < -0.39 is 0 Å². The number of aromatic nitrogens is 2. The highest BCUT2D eigenvalue weighted by Gasteiger charge is 2.13. The third kappa shape index (κ3) is 3.57. The lowest BCUT2D eigenvalue weighted by molar-refractivity contribution is 0.391. The summed E-state index contributed by atoms with van der Waals surface area (Å²) >= 11 is 6.25. The van der Waals surface area contributed by atoms with Gasteiger partial charge in [0.15, 0.2) is 0 Å². The Kier molecular flexibility index (Phi) is 4.83. The molecule has 1 unspecified atom stereocenters. The molecule has 0 spiro atoms. The molecule has 0 saturated heterocycles. The van der Waals surface area contributed by atoms with Gasteiger partial charge < -0.3 is 9.84 Å². The van der Waals surface area contributed by atoms with E-state index in [1.807, 2.05) is 19.9 Å². The van der Waals surface area contributed by atoms with Crippen LogP contribution in [0, 0.1) is 19.7 Å². The van der Waals surface area contributed by atoms with E-state index in [0.717, 1.165) is 34.4 Å². The van der Waals surface area contributed by atoms with Crippen molar-refractivity contribution in [2.45, 2.75) is 39.8 Å². The smallest absolute Gasteiger partial charge is 0.137 e. The zero-order chi connectivity index (χ0) is 17.3. The Hall–Kier alpha value is -1.98. The van der Waals surface area contributed by atoms with Gasteiger partial charge in [-0.25, -0.2) is 9.37 Å². The van der Waals surface area contributed by atoms with Crippen molar-refractivity contribution in [3.63, 3.8) is 0 Å². The van der Waals surface area contributed by atoms with E-state index in [-0.39, 0.29) is 11.9 Å². The largest absolute Gasteiger partial charge is 0.361 e. The fraction of sp³-hybridized carbons (Fsp3) is 0.333. The number of aryl methyl sites for hydroxylation is 2. The van der Waals surface area contributed by atoms with Crippen molar-refractivity contribution in [1.29, 1.82) is 0 Å². The van der Waals surface area contributed by atoms with E-state index in [1.165, 1.54) is 12.1 Å². The maximum absolute atomic E-state index is 13.4. The summed E-state index contributed by atoms with van der Waals surface area (Å²) in [6.07, 6.45) is 0.814. The second-order valence-electron chi connectivity index (χ2n) is 6.06. The van der Waals surface area contributed by atoms with Crippen LogP contribution in [-0.2, 0) is 13.0 Å². The molecule has 3 rings (SSSR count). The van der Waals surface area contributed by atoms with Crippen LogP contribution in [0.1, 0.15) is 29.5 Å².